The Morgan fingerprint density at radius 3 is 2.52 bits per heavy atom. The van der Waals surface area contributed by atoms with E-state index in [1.807, 2.05) is 55.5 Å². The molecule has 29 heavy (non-hydrogen) atoms. The number of rotatable bonds is 6. The summed E-state index contributed by atoms with van der Waals surface area (Å²) in [6.07, 6.45) is 1.83. The molecule has 0 spiro atoms. The molecule has 1 saturated heterocycles. The second kappa shape index (κ2) is 8.01. The van der Waals surface area contributed by atoms with Crippen LogP contribution in [0.1, 0.15) is 27.5 Å². The lowest BCUT2D eigenvalue weighted by atomic mass is 9.94. The molecule has 148 valence electrons. The minimum atomic E-state index is -0.904. The molecule has 1 fully saturated rings. The van der Waals surface area contributed by atoms with Crippen LogP contribution < -0.4 is 4.90 Å². The van der Waals surface area contributed by atoms with E-state index >= 15 is 0 Å². The van der Waals surface area contributed by atoms with Crippen LogP contribution >= 0.6 is 0 Å². The summed E-state index contributed by atoms with van der Waals surface area (Å²) in [5.74, 6) is 0.287. The van der Waals surface area contributed by atoms with Gasteiger partial charge in [0.25, 0.3) is 0 Å². The highest BCUT2D eigenvalue weighted by molar-refractivity contribution is 5.95. The van der Waals surface area contributed by atoms with Crippen molar-refractivity contribution >= 4 is 11.9 Å². The van der Waals surface area contributed by atoms with Crippen molar-refractivity contribution in [2.75, 3.05) is 32.1 Å². The standard InChI is InChI=1S/C23H24N4O2/c1-26(2)23-24-12-11-21(25-23)18-14-27(15-18)13-16-7-9-17(10-8-16)19-5-3-4-6-20(19)22(28)29/h3-12,18H,13-15H2,1-2H3,(H,28,29). The Kier molecular flexibility index (Phi) is 5.27. The van der Waals surface area contributed by atoms with Gasteiger partial charge in [0.1, 0.15) is 0 Å². The topological polar surface area (TPSA) is 69.6 Å². The van der Waals surface area contributed by atoms with Gasteiger partial charge >= 0.3 is 5.97 Å². The predicted octanol–water partition coefficient (Wildman–Crippen LogP) is 3.51. The maximum absolute atomic E-state index is 11.4. The third-order valence-corrected chi connectivity index (χ3v) is 5.27. The van der Waals surface area contributed by atoms with Gasteiger partial charge in [0.05, 0.1) is 11.3 Å². The van der Waals surface area contributed by atoms with Crippen LogP contribution in [-0.2, 0) is 6.54 Å². The Bertz CT molecular complexity index is 1010. The van der Waals surface area contributed by atoms with Gasteiger partial charge in [0, 0.05) is 45.8 Å². The predicted molar refractivity (Wildman–Crippen MR) is 113 cm³/mol. The molecule has 0 radical (unpaired) electrons. The summed E-state index contributed by atoms with van der Waals surface area (Å²) in [5.41, 5.74) is 4.31. The quantitative estimate of drug-likeness (QED) is 0.697. The van der Waals surface area contributed by atoms with Crippen molar-refractivity contribution in [3.05, 3.63) is 77.6 Å². The average molecular weight is 388 g/mol. The van der Waals surface area contributed by atoms with E-state index in [4.69, 9.17) is 0 Å². The molecule has 6 heteroatoms. The molecule has 2 aromatic carbocycles. The van der Waals surface area contributed by atoms with Gasteiger partial charge in [0.2, 0.25) is 5.95 Å². The van der Waals surface area contributed by atoms with E-state index in [0.29, 0.717) is 11.5 Å². The summed E-state index contributed by atoms with van der Waals surface area (Å²) in [5, 5.41) is 9.39. The lowest BCUT2D eigenvalue weighted by Crippen LogP contribution is -2.44. The van der Waals surface area contributed by atoms with Crippen molar-refractivity contribution in [2.24, 2.45) is 0 Å². The fourth-order valence-electron chi connectivity index (χ4n) is 3.66. The van der Waals surface area contributed by atoms with E-state index in [1.165, 1.54) is 5.56 Å². The summed E-state index contributed by atoms with van der Waals surface area (Å²) < 4.78 is 0. The van der Waals surface area contributed by atoms with Gasteiger partial charge in [-0.25, -0.2) is 14.8 Å². The average Bonchev–Trinajstić information content (AvgIpc) is 2.71. The van der Waals surface area contributed by atoms with Crippen LogP contribution in [0.2, 0.25) is 0 Å². The zero-order valence-electron chi connectivity index (χ0n) is 16.6. The Morgan fingerprint density at radius 2 is 1.83 bits per heavy atom. The largest absolute Gasteiger partial charge is 0.478 e. The van der Waals surface area contributed by atoms with Crippen LogP contribution in [0.15, 0.2) is 60.8 Å². The fourth-order valence-corrected chi connectivity index (χ4v) is 3.66. The molecular weight excluding hydrogens is 364 g/mol. The first-order valence-electron chi connectivity index (χ1n) is 9.65. The minimum Gasteiger partial charge on any atom is -0.478 e. The zero-order valence-corrected chi connectivity index (χ0v) is 16.6. The molecule has 0 aliphatic carbocycles. The van der Waals surface area contributed by atoms with Crippen molar-refractivity contribution in [3.63, 3.8) is 0 Å². The lowest BCUT2D eigenvalue weighted by molar-refractivity contribution is 0.0697. The Labute approximate surface area is 170 Å². The molecule has 6 nitrogen and oxygen atoms in total. The lowest BCUT2D eigenvalue weighted by Gasteiger charge is -2.39. The highest BCUT2D eigenvalue weighted by Crippen LogP contribution is 2.29. The molecule has 1 aliphatic rings. The van der Waals surface area contributed by atoms with Crippen LogP contribution in [0.5, 0.6) is 0 Å². The maximum Gasteiger partial charge on any atom is 0.336 e. The number of hydrogen-bond acceptors (Lipinski definition) is 5. The Morgan fingerprint density at radius 1 is 1.10 bits per heavy atom. The SMILES string of the molecule is CN(C)c1nccc(C2CN(Cc3ccc(-c4ccccc4C(=O)O)cc3)C2)n1. The molecule has 0 atom stereocenters. The summed E-state index contributed by atoms with van der Waals surface area (Å²) in [7, 11) is 3.90. The molecule has 0 unspecified atom stereocenters. The third-order valence-electron chi connectivity index (χ3n) is 5.27. The number of nitrogens with zero attached hydrogens (tertiary/aromatic N) is 4. The minimum absolute atomic E-state index is 0.327. The first-order valence-corrected chi connectivity index (χ1v) is 9.65. The number of anilines is 1. The summed E-state index contributed by atoms with van der Waals surface area (Å²) in [6, 6.07) is 17.3. The monoisotopic (exact) mass is 388 g/mol. The molecule has 4 rings (SSSR count). The summed E-state index contributed by atoms with van der Waals surface area (Å²) >= 11 is 0. The Balaban J connectivity index is 1.39. The third kappa shape index (κ3) is 4.12. The normalized spacial score (nSPS) is 14.4. The zero-order chi connectivity index (χ0) is 20.4. The molecular formula is C23H24N4O2. The smallest absolute Gasteiger partial charge is 0.336 e. The van der Waals surface area contributed by atoms with Gasteiger partial charge in [0.15, 0.2) is 0 Å². The highest BCUT2D eigenvalue weighted by atomic mass is 16.4. The molecule has 2 heterocycles. The van der Waals surface area contributed by atoms with Crippen LogP contribution in [0.4, 0.5) is 5.95 Å². The second-order valence-corrected chi connectivity index (χ2v) is 7.61. The van der Waals surface area contributed by atoms with E-state index in [0.717, 1.165) is 42.4 Å². The van der Waals surface area contributed by atoms with Crippen molar-refractivity contribution in [1.29, 1.82) is 0 Å². The maximum atomic E-state index is 11.4. The number of hydrogen-bond donors (Lipinski definition) is 1. The van der Waals surface area contributed by atoms with Gasteiger partial charge < -0.3 is 10.0 Å². The van der Waals surface area contributed by atoms with Crippen molar-refractivity contribution < 1.29 is 9.90 Å². The van der Waals surface area contributed by atoms with Crippen LogP contribution in [0.3, 0.4) is 0 Å². The van der Waals surface area contributed by atoms with E-state index < -0.39 is 5.97 Å². The van der Waals surface area contributed by atoms with E-state index in [-0.39, 0.29) is 0 Å². The second-order valence-electron chi connectivity index (χ2n) is 7.61. The first-order chi connectivity index (χ1) is 14.0. The van der Waals surface area contributed by atoms with Crippen molar-refractivity contribution in [2.45, 2.75) is 12.5 Å². The molecule has 0 bridgehead atoms. The summed E-state index contributed by atoms with van der Waals surface area (Å²) in [4.78, 5) is 24.7. The van der Waals surface area contributed by atoms with E-state index in [2.05, 4.69) is 27.0 Å². The van der Waals surface area contributed by atoms with Crippen molar-refractivity contribution in [3.8, 4) is 11.1 Å². The molecule has 0 amide bonds. The van der Waals surface area contributed by atoms with Gasteiger partial charge in [-0.15, -0.1) is 0 Å². The molecule has 0 saturated carbocycles. The molecule has 1 N–H and O–H groups in total. The van der Waals surface area contributed by atoms with Crippen molar-refractivity contribution in [1.82, 2.24) is 14.9 Å². The highest BCUT2D eigenvalue weighted by Gasteiger charge is 2.29. The summed E-state index contributed by atoms with van der Waals surface area (Å²) in [6.45, 7) is 2.84. The molecule has 1 aliphatic heterocycles. The number of carboxylic acids is 1. The number of aromatic carboxylic acids is 1. The molecule has 1 aromatic heterocycles. The van der Waals surface area contributed by atoms with Gasteiger partial charge in [-0.2, -0.15) is 0 Å². The van der Waals surface area contributed by atoms with Crippen LogP contribution in [-0.4, -0.2) is 53.1 Å². The van der Waals surface area contributed by atoms with Crippen LogP contribution in [0, 0.1) is 0 Å². The first kappa shape index (κ1) is 19.1. The molecule has 3 aromatic rings. The van der Waals surface area contributed by atoms with Crippen LogP contribution in [0.25, 0.3) is 11.1 Å². The number of carbonyl (C=O) groups is 1. The Hall–Kier alpha value is -3.25. The fraction of sp³-hybridized carbons (Fsp3) is 0.261. The number of aromatic nitrogens is 2. The van der Waals surface area contributed by atoms with E-state index in [1.54, 1.807) is 12.1 Å². The van der Waals surface area contributed by atoms with E-state index in [9.17, 15) is 9.90 Å². The van der Waals surface area contributed by atoms with Gasteiger partial charge in [-0.05, 0) is 28.8 Å². The number of carboxylic acid groups (broad SMARTS) is 1. The number of benzene rings is 2. The van der Waals surface area contributed by atoms with Gasteiger partial charge in [-0.3, -0.25) is 4.90 Å². The number of likely N-dealkylation sites (tertiary alicyclic amines) is 1. The van der Waals surface area contributed by atoms with Gasteiger partial charge in [-0.1, -0.05) is 42.5 Å².